The first-order valence-electron chi connectivity index (χ1n) is 7.99. The fourth-order valence-corrected chi connectivity index (χ4v) is 2.58. The van der Waals surface area contributed by atoms with E-state index in [2.05, 4.69) is 48.0 Å². The minimum atomic E-state index is 0.0191. The van der Waals surface area contributed by atoms with Gasteiger partial charge in [0.05, 0.1) is 6.54 Å². The van der Waals surface area contributed by atoms with Crippen LogP contribution in [0.25, 0.3) is 0 Å². The van der Waals surface area contributed by atoms with E-state index in [1.54, 1.807) is 7.11 Å². The predicted octanol–water partition coefficient (Wildman–Crippen LogP) is 3.23. The monoisotopic (exact) mass is 314 g/mol. The summed E-state index contributed by atoms with van der Waals surface area (Å²) in [7, 11) is 1.55. The maximum Gasteiger partial charge on any atom is 0.249 e. The molecule has 4 nitrogen and oxygen atoms in total. The fraction of sp³-hybridized carbons (Fsp3) is 0.421. The van der Waals surface area contributed by atoms with Crippen molar-refractivity contribution in [2.75, 3.05) is 13.7 Å². The Labute approximate surface area is 138 Å². The largest absolute Gasteiger partial charge is 0.375 e. The van der Waals surface area contributed by atoms with Crippen LogP contribution in [0, 0.1) is 6.92 Å². The number of hydrogen-bond donors (Lipinski definition) is 0. The highest BCUT2D eigenvalue weighted by Gasteiger charge is 2.18. The van der Waals surface area contributed by atoms with Gasteiger partial charge in [-0.25, -0.2) is 0 Å². The first-order chi connectivity index (χ1) is 11.0. The van der Waals surface area contributed by atoms with Crippen LogP contribution in [0.5, 0.6) is 0 Å². The second kappa shape index (κ2) is 7.97. The van der Waals surface area contributed by atoms with E-state index in [1.165, 1.54) is 11.1 Å². The third-order valence-corrected chi connectivity index (χ3v) is 3.94. The lowest BCUT2D eigenvalue weighted by atomic mass is 10.1. The van der Waals surface area contributed by atoms with Crippen LogP contribution < -0.4 is 0 Å². The number of nitrogens with zero attached hydrogens (tertiary/aromatic N) is 2. The molecule has 1 aromatic heterocycles. The molecule has 1 aromatic carbocycles. The molecule has 0 aliphatic heterocycles. The molecule has 0 aliphatic rings. The number of rotatable bonds is 7. The number of carbonyl (C=O) groups excluding carboxylic acids is 1. The topological polar surface area (TPSA) is 34.5 Å². The first-order valence-corrected chi connectivity index (χ1v) is 7.99. The standard InChI is InChI=1S/C19H26N2O2/c1-15(2)21(19(22)14-23-4)13-18-6-5-11-20(18)12-17-9-7-16(3)8-10-17/h5-11,15H,12-14H2,1-4H3. The summed E-state index contributed by atoms with van der Waals surface area (Å²) >= 11 is 0. The molecule has 4 heteroatoms. The number of benzene rings is 1. The molecular weight excluding hydrogens is 288 g/mol. The van der Waals surface area contributed by atoms with Crippen molar-refractivity contribution in [3.8, 4) is 0 Å². The van der Waals surface area contributed by atoms with Crippen LogP contribution in [-0.2, 0) is 22.6 Å². The third-order valence-electron chi connectivity index (χ3n) is 3.94. The summed E-state index contributed by atoms with van der Waals surface area (Å²) < 4.78 is 7.19. The molecule has 23 heavy (non-hydrogen) atoms. The van der Waals surface area contributed by atoms with Gasteiger partial charge in [-0.05, 0) is 38.5 Å². The molecular formula is C19H26N2O2. The van der Waals surface area contributed by atoms with E-state index in [4.69, 9.17) is 4.74 Å². The Kier molecular flexibility index (Phi) is 5.99. The van der Waals surface area contributed by atoms with Crippen LogP contribution in [0.3, 0.4) is 0 Å². The average molecular weight is 314 g/mol. The van der Waals surface area contributed by atoms with Crippen molar-refractivity contribution < 1.29 is 9.53 Å². The maximum atomic E-state index is 12.2. The number of aryl methyl sites for hydroxylation is 1. The number of aromatic nitrogens is 1. The van der Waals surface area contributed by atoms with Gasteiger partial charge in [0.25, 0.3) is 0 Å². The molecule has 0 unspecified atom stereocenters. The second-order valence-electron chi connectivity index (χ2n) is 6.16. The summed E-state index contributed by atoms with van der Waals surface area (Å²) in [4.78, 5) is 14.1. The Balaban J connectivity index is 2.13. The summed E-state index contributed by atoms with van der Waals surface area (Å²) in [5.41, 5.74) is 3.65. The molecule has 0 spiro atoms. The van der Waals surface area contributed by atoms with Crippen molar-refractivity contribution in [1.82, 2.24) is 9.47 Å². The van der Waals surface area contributed by atoms with Gasteiger partial charge in [0.2, 0.25) is 5.91 Å². The molecule has 1 heterocycles. The van der Waals surface area contributed by atoms with Crippen LogP contribution in [-0.4, -0.2) is 35.1 Å². The Morgan fingerprint density at radius 1 is 1.22 bits per heavy atom. The van der Waals surface area contributed by atoms with Gasteiger partial charge in [-0.1, -0.05) is 29.8 Å². The lowest BCUT2D eigenvalue weighted by molar-refractivity contribution is -0.137. The van der Waals surface area contributed by atoms with Crippen molar-refractivity contribution in [3.05, 3.63) is 59.4 Å². The summed E-state index contributed by atoms with van der Waals surface area (Å²) in [5.74, 6) is 0.0191. The molecule has 0 N–H and O–H groups in total. The maximum absolute atomic E-state index is 12.2. The highest BCUT2D eigenvalue weighted by molar-refractivity contribution is 5.77. The third kappa shape index (κ3) is 4.70. The Morgan fingerprint density at radius 2 is 1.91 bits per heavy atom. The quantitative estimate of drug-likeness (QED) is 0.786. The van der Waals surface area contributed by atoms with Gasteiger partial charge < -0.3 is 14.2 Å². The van der Waals surface area contributed by atoms with E-state index in [-0.39, 0.29) is 18.6 Å². The predicted molar refractivity (Wildman–Crippen MR) is 92.3 cm³/mol. The highest BCUT2D eigenvalue weighted by Crippen LogP contribution is 2.13. The van der Waals surface area contributed by atoms with E-state index >= 15 is 0 Å². The van der Waals surface area contributed by atoms with Gasteiger partial charge in [-0.2, -0.15) is 0 Å². The fourth-order valence-electron chi connectivity index (χ4n) is 2.58. The normalized spacial score (nSPS) is 11.0. The summed E-state index contributed by atoms with van der Waals surface area (Å²) in [6, 6.07) is 12.8. The van der Waals surface area contributed by atoms with Crippen LogP contribution in [0.4, 0.5) is 0 Å². The highest BCUT2D eigenvalue weighted by atomic mass is 16.5. The number of carbonyl (C=O) groups is 1. The van der Waals surface area contributed by atoms with Gasteiger partial charge in [0.15, 0.2) is 0 Å². The van der Waals surface area contributed by atoms with Crippen molar-refractivity contribution in [2.45, 2.75) is 39.9 Å². The summed E-state index contributed by atoms with van der Waals surface area (Å²) in [6.45, 7) is 7.68. The van der Waals surface area contributed by atoms with Crippen LogP contribution >= 0.6 is 0 Å². The van der Waals surface area contributed by atoms with Gasteiger partial charge in [0.1, 0.15) is 6.61 Å². The van der Waals surface area contributed by atoms with E-state index in [0.29, 0.717) is 6.54 Å². The Bertz CT molecular complexity index is 629. The minimum Gasteiger partial charge on any atom is -0.375 e. The first kappa shape index (κ1) is 17.3. The minimum absolute atomic E-state index is 0.0191. The average Bonchev–Trinajstić information content (AvgIpc) is 2.94. The van der Waals surface area contributed by atoms with E-state index in [1.807, 2.05) is 24.8 Å². The molecule has 2 rings (SSSR count). The molecule has 1 amide bonds. The number of ether oxygens (including phenoxy) is 1. The molecule has 0 saturated heterocycles. The van der Waals surface area contributed by atoms with E-state index in [0.717, 1.165) is 12.2 Å². The van der Waals surface area contributed by atoms with Gasteiger partial charge in [-0.3, -0.25) is 4.79 Å². The second-order valence-corrected chi connectivity index (χ2v) is 6.16. The Hall–Kier alpha value is -2.07. The molecule has 0 atom stereocenters. The number of methoxy groups -OCH3 is 1. The molecule has 0 bridgehead atoms. The molecule has 124 valence electrons. The molecule has 0 aliphatic carbocycles. The zero-order valence-corrected chi connectivity index (χ0v) is 14.5. The van der Waals surface area contributed by atoms with Crippen LogP contribution in [0.2, 0.25) is 0 Å². The SMILES string of the molecule is COCC(=O)N(Cc1cccn1Cc1ccc(C)cc1)C(C)C. The van der Waals surface area contributed by atoms with Crippen LogP contribution in [0.15, 0.2) is 42.6 Å². The van der Waals surface area contributed by atoms with Crippen molar-refractivity contribution >= 4 is 5.91 Å². The van der Waals surface area contributed by atoms with Crippen molar-refractivity contribution in [2.24, 2.45) is 0 Å². The molecule has 0 fully saturated rings. The van der Waals surface area contributed by atoms with Gasteiger partial charge in [-0.15, -0.1) is 0 Å². The summed E-state index contributed by atoms with van der Waals surface area (Å²) in [6.07, 6.45) is 2.06. The number of amides is 1. The van der Waals surface area contributed by atoms with E-state index < -0.39 is 0 Å². The molecule has 2 aromatic rings. The van der Waals surface area contributed by atoms with Gasteiger partial charge in [0, 0.05) is 31.6 Å². The zero-order chi connectivity index (χ0) is 16.8. The smallest absolute Gasteiger partial charge is 0.249 e. The zero-order valence-electron chi connectivity index (χ0n) is 14.5. The van der Waals surface area contributed by atoms with Crippen molar-refractivity contribution in [1.29, 1.82) is 0 Å². The van der Waals surface area contributed by atoms with E-state index in [9.17, 15) is 4.79 Å². The summed E-state index contributed by atoms with van der Waals surface area (Å²) in [5, 5.41) is 0. The van der Waals surface area contributed by atoms with Gasteiger partial charge >= 0.3 is 0 Å². The lowest BCUT2D eigenvalue weighted by Gasteiger charge is -2.27. The van der Waals surface area contributed by atoms with Crippen LogP contribution in [0.1, 0.15) is 30.7 Å². The number of hydrogen-bond acceptors (Lipinski definition) is 2. The lowest BCUT2D eigenvalue weighted by Crippen LogP contribution is -2.39. The molecule has 0 saturated carbocycles. The van der Waals surface area contributed by atoms with Crippen molar-refractivity contribution in [3.63, 3.8) is 0 Å². The molecule has 0 radical (unpaired) electrons. The Morgan fingerprint density at radius 3 is 2.52 bits per heavy atom.